The van der Waals surface area contributed by atoms with Crippen molar-refractivity contribution in [3.05, 3.63) is 30.1 Å². The molecular weight excluding hydrogens is 215 g/mol. The first-order valence-electron chi connectivity index (χ1n) is 6.34. The Labute approximate surface area is 104 Å². The van der Waals surface area contributed by atoms with Gasteiger partial charge in [0.25, 0.3) is 0 Å². The summed E-state index contributed by atoms with van der Waals surface area (Å²) >= 11 is 0. The van der Waals surface area contributed by atoms with Crippen LogP contribution in [0.4, 0.5) is 10.1 Å². The third-order valence-corrected chi connectivity index (χ3v) is 2.80. The Morgan fingerprint density at radius 1 is 1.18 bits per heavy atom. The molecule has 0 saturated carbocycles. The Morgan fingerprint density at radius 2 is 1.82 bits per heavy atom. The van der Waals surface area contributed by atoms with Crippen molar-refractivity contribution in [3.63, 3.8) is 0 Å². The fraction of sp³-hybridized carbons (Fsp3) is 0.571. The Balaban J connectivity index is 2.63. The van der Waals surface area contributed by atoms with Crippen molar-refractivity contribution in [2.45, 2.75) is 26.7 Å². The van der Waals surface area contributed by atoms with E-state index in [0.717, 1.165) is 31.6 Å². The quantitative estimate of drug-likeness (QED) is 0.791. The van der Waals surface area contributed by atoms with E-state index in [1.807, 2.05) is 12.1 Å². The molecule has 0 saturated heterocycles. The average Bonchev–Trinajstić information content (AvgIpc) is 2.30. The number of anilines is 1. The Kier molecular flexibility index (Phi) is 5.98. The van der Waals surface area contributed by atoms with Gasteiger partial charge in [-0.25, -0.2) is 4.39 Å². The smallest absolute Gasteiger partial charge is 0.123 e. The zero-order chi connectivity index (χ0) is 12.7. The molecule has 0 radical (unpaired) electrons. The van der Waals surface area contributed by atoms with E-state index in [4.69, 9.17) is 5.73 Å². The van der Waals surface area contributed by atoms with Crippen LogP contribution in [0.25, 0.3) is 0 Å². The molecule has 0 aliphatic carbocycles. The SMILES string of the molecule is CC(C)CCN(CCCN)c1ccc(F)cc1. The first kappa shape index (κ1) is 14.0. The number of hydrogen-bond donors (Lipinski definition) is 1. The maximum atomic E-state index is 12.9. The van der Waals surface area contributed by atoms with E-state index in [-0.39, 0.29) is 5.82 Å². The summed E-state index contributed by atoms with van der Waals surface area (Å²) in [5.74, 6) is 0.493. The van der Waals surface area contributed by atoms with Crippen LogP contribution < -0.4 is 10.6 Å². The van der Waals surface area contributed by atoms with Crippen LogP contribution in [0.3, 0.4) is 0 Å². The fourth-order valence-electron chi connectivity index (χ4n) is 1.72. The van der Waals surface area contributed by atoms with E-state index in [1.54, 1.807) is 0 Å². The molecule has 0 spiro atoms. The van der Waals surface area contributed by atoms with Gasteiger partial charge >= 0.3 is 0 Å². The zero-order valence-corrected chi connectivity index (χ0v) is 10.8. The first-order chi connectivity index (χ1) is 8.13. The van der Waals surface area contributed by atoms with Gasteiger partial charge < -0.3 is 10.6 Å². The topological polar surface area (TPSA) is 29.3 Å². The van der Waals surface area contributed by atoms with Crippen LogP contribution >= 0.6 is 0 Å². The van der Waals surface area contributed by atoms with Crippen molar-refractivity contribution in [1.82, 2.24) is 0 Å². The molecule has 96 valence electrons. The van der Waals surface area contributed by atoms with E-state index in [2.05, 4.69) is 18.7 Å². The molecule has 1 aromatic rings. The second-order valence-electron chi connectivity index (χ2n) is 4.79. The average molecular weight is 238 g/mol. The van der Waals surface area contributed by atoms with Crippen LogP contribution in [0.2, 0.25) is 0 Å². The Morgan fingerprint density at radius 3 is 2.35 bits per heavy atom. The number of hydrogen-bond acceptors (Lipinski definition) is 2. The van der Waals surface area contributed by atoms with Gasteiger partial charge in [-0.3, -0.25) is 0 Å². The lowest BCUT2D eigenvalue weighted by Crippen LogP contribution is -2.28. The number of benzene rings is 1. The van der Waals surface area contributed by atoms with Gasteiger partial charge in [0.2, 0.25) is 0 Å². The highest BCUT2D eigenvalue weighted by Gasteiger charge is 2.07. The first-order valence-corrected chi connectivity index (χ1v) is 6.34. The molecule has 0 bridgehead atoms. The summed E-state index contributed by atoms with van der Waals surface area (Å²) < 4.78 is 12.9. The lowest BCUT2D eigenvalue weighted by molar-refractivity contribution is 0.568. The van der Waals surface area contributed by atoms with Gasteiger partial charge in [0.05, 0.1) is 0 Å². The van der Waals surface area contributed by atoms with E-state index >= 15 is 0 Å². The maximum absolute atomic E-state index is 12.9. The minimum atomic E-state index is -0.184. The number of nitrogens with zero attached hydrogens (tertiary/aromatic N) is 1. The summed E-state index contributed by atoms with van der Waals surface area (Å²) in [6, 6.07) is 6.71. The Hall–Kier alpha value is -1.09. The minimum absolute atomic E-state index is 0.184. The van der Waals surface area contributed by atoms with Crippen LogP contribution in [-0.4, -0.2) is 19.6 Å². The van der Waals surface area contributed by atoms with Crippen molar-refractivity contribution in [3.8, 4) is 0 Å². The summed E-state index contributed by atoms with van der Waals surface area (Å²) in [5.41, 5.74) is 6.63. The number of nitrogens with two attached hydrogens (primary N) is 1. The molecular formula is C14H23FN2. The molecule has 2 N–H and O–H groups in total. The van der Waals surface area contributed by atoms with Gasteiger partial charge in [-0.2, -0.15) is 0 Å². The predicted molar refractivity (Wildman–Crippen MR) is 71.7 cm³/mol. The van der Waals surface area contributed by atoms with Crippen LogP contribution in [-0.2, 0) is 0 Å². The van der Waals surface area contributed by atoms with Crippen LogP contribution in [0, 0.1) is 11.7 Å². The predicted octanol–water partition coefficient (Wildman–Crippen LogP) is 3.03. The lowest BCUT2D eigenvalue weighted by Gasteiger charge is -2.25. The standard InChI is InChI=1S/C14H23FN2/c1-12(2)8-11-17(10-3-9-16)14-6-4-13(15)5-7-14/h4-7,12H,3,8-11,16H2,1-2H3. The molecule has 0 aliphatic heterocycles. The van der Waals surface area contributed by atoms with E-state index in [1.165, 1.54) is 12.1 Å². The molecule has 17 heavy (non-hydrogen) atoms. The molecule has 0 aromatic heterocycles. The van der Waals surface area contributed by atoms with Crippen LogP contribution in [0.1, 0.15) is 26.7 Å². The lowest BCUT2D eigenvalue weighted by atomic mass is 10.1. The molecule has 0 unspecified atom stereocenters. The fourth-order valence-corrected chi connectivity index (χ4v) is 1.72. The molecule has 1 rings (SSSR count). The highest BCUT2D eigenvalue weighted by atomic mass is 19.1. The molecule has 0 aliphatic rings. The highest BCUT2D eigenvalue weighted by molar-refractivity contribution is 5.46. The van der Waals surface area contributed by atoms with Crippen molar-refractivity contribution < 1.29 is 4.39 Å². The second kappa shape index (κ2) is 7.28. The van der Waals surface area contributed by atoms with Crippen molar-refractivity contribution in [1.29, 1.82) is 0 Å². The second-order valence-corrected chi connectivity index (χ2v) is 4.79. The molecule has 3 heteroatoms. The summed E-state index contributed by atoms with van der Waals surface area (Å²) in [5, 5.41) is 0. The van der Waals surface area contributed by atoms with Gasteiger partial charge in [0.1, 0.15) is 5.82 Å². The van der Waals surface area contributed by atoms with Gasteiger partial charge in [0.15, 0.2) is 0 Å². The molecule has 0 heterocycles. The molecule has 2 nitrogen and oxygen atoms in total. The normalized spacial score (nSPS) is 10.9. The summed E-state index contributed by atoms with van der Waals surface area (Å²) in [4.78, 5) is 2.28. The van der Waals surface area contributed by atoms with Crippen molar-refractivity contribution >= 4 is 5.69 Å². The highest BCUT2D eigenvalue weighted by Crippen LogP contribution is 2.16. The molecule has 0 atom stereocenters. The van der Waals surface area contributed by atoms with E-state index < -0.39 is 0 Å². The van der Waals surface area contributed by atoms with Crippen molar-refractivity contribution in [2.75, 3.05) is 24.5 Å². The van der Waals surface area contributed by atoms with Gasteiger partial charge in [-0.15, -0.1) is 0 Å². The summed E-state index contributed by atoms with van der Waals surface area (Å²) in [6.45, 7) is 7.06. The monoisotopic (exact) mass is 238 g/mol. The van der Waals surface area contributed by atoms with Gasteiger partial charge in [-0.1, -0.05) is 13.8 Å². The third-order valence-electron chi connectivity index (χ3n) is 2.80. The summed E-state index contributed by atoms with van der Waals surface area (Å²) in [6.07, 6.45) is 2.11. The van der Waals surface area contributed by atoms with Crippen LogP contribution in [0.5, 0.6) is 0 Å². The number of rotatable bonds is 7. The molecule has 1 aromatic carbocycles. The van der Waals surface area contributed by atoms with E-state index in [0.29, 0.717) is 12.5 Å². The van der Waals surface area contributed by atoms with Crippen molar-refractivity contribution in [2.24, 2.45) is 11.7 Å². The third kappa shape index (κ3) is 5.18. The summed E-state index contributed by atoms with van der Waals surface area (Å²) in [7, 11) is 0. The largest absolute Gasteiger partial charge is 0.371 e. The van der Waals surface area contributed by atoms with Gasteiger partial charge in [0, 0.05) is 18.8 Å². The van der Waals surface area contributed by atoms with Gasteiger partial charge in [-0.05, 0) is 49.6 Å². The minimum Gasteiger partial charge on any atom is -0.371 e. The Bertz CT molecular complexity index is 309. The number of halogens is 1. The molecule has 0 fully saturated rings. The maximum Gasteiger partial charge on any atom is 0.123 e. The van der Waals surface area contributed by atoms with E-state index in [9.17, 15) is 4.39 Å². The zero-order valence-electron chi connectivity index (χ0n) is 10.8. The van der Waals surface area contributed by atoms with Crippen LogP contribution in [0.15, 0.2) is 24.3 Å². The molecule has 0 amide bonds.